The number of carbonyl (C=O) groups is 5. The minimum atomic E-state index is -1.49. The Morgan fingerprint density at radius 3 is 2.27 bits per heavy atom. The first-order valence-electron chi connectivity index (χ1n) is 15.6. The van der Waals surface area contributed by atoms with Gasteiger partial charge in [-0.25, -0.2) is 14.5 Å². The van der Waals surface area contributed by atoms with E-state index in [1.54, 1.807) is 41.3 Å². The molecule has 1 aliphatic rings. The Labute approximate surface area is 284 Å². The van der Waals surface area contributed by atoms with Gasteiger partial charge in [0, 0.05) is 31.8 Å². The number of ether oxygens (including phenoxy) is 2. The Morgan fingerprint density at radius 2 is 1.67 bits per heavy atom. The van der Waals surface area contributed by atoms with E-state index in [0.29, 0.717) is 29.8 Å². The summed E-state index contributed by atoms with van der Waals surface area (Å²) in [5.74, 6) is 1.16. The number of carboxylic acid groups (broad SMARTS) is 1. The summed E-state index contributed by atoms with van der Waals surface area (Å²) in [5, 5.41) is 15.7. The lowest BCUT2D eigenvalue weighted by Crippen LogP contribution is -2.49. The lowest BCUT2D eigenvalue weighted by Gasteiger charge is -2.32. The molecule has 0 spiro atoms. The molecule has 4 rings (SSSR count). The molecule has 4 atom stereocenters. The van der Waals surface area contributed by atoms with Crippen LogP contribution in [0, 0.1) is 23.7 Å². The number of methoxy groups -OCH3 is 1. The second-order valence-corrected chi connectivity index (χ2v) is 11.1. The van der Waals surface area contributed by atoms with Gasteiger partial charge in [-0.05, 0) is 54.4 Å². The van der Waals surface area contributed by atoms with Crippen molar-refractivity contribution in [3.8, 4) is 17.6 Å². The van der Waals surface area contributed by atoms with Gasteiger partial charge in [0.1, 0.15) is 12.0 Å². The van der Waals surface area contributed by atoms with Crippen LogP contribution in [0.2, 0.25) is 0 Å². The fourth-order valence-corrected chi connectivity index (χ4v) is 5.89. The smallest absolute Gasteiger partial charge is 0.329 e. The van der Waals surface area contributed by atoms with E-state index in [9.17, 15) is 29.1 Å². The Kier molecular flexibility index (Phi) is 12.9. The number of nitrogens with zero attached hydrogens (tertiary/aromatic N) is 2. The molecule has 256 valence electrons. The first kappa shape index (κ1) is 36.1. The maximum atomic E-state index is 14.8. The number of rotatable bonds is 13. The summed E-state index contributed by atoms with van der Waals surface area (Å²) < 4.78 is 10.9. The highest BCUT2D eigenvalue weighted by Crippen LogP contribution is 2.46. The third-order valence-corrected chi connectivity index (χ3v) is 8.05. The van der Waals surface area contributed by atoms with Gasteiger partial charge >= 0.3 is 18.0 Å². The van der Waals surface area contributed by atoms with Crippen molar-refractivity contribution >= 4 is 35.9 Å². The van der Waals surface area contributed by atoms with E-state index in [2.05, 4.69) is 22.5 Å². The maximum Gasteiger partial charge on any atom is 0.329 e. The number of amides is 5. The molecule has 13 heteroatoms. The Balaban J connectivity index is 1.80. The normalized spacial score (nSPS) is 18.4. The number of carbonyl (C=O) groups excluding carboxylic acids is 4. The molecule has 49 heavy (non-hydrogen) atoms. The van der Waals surface area contributed by atoms with Crippen LogP contribution in [0.4, 0.5) is 15.3 Å². The summed E-state index contributed by atoms with van der Waals surface area (Å²) in [6.07, 6.45) is 0.531. The highest BCUT2D eigenvalue weighted by molar-refractivity contribution is 6.16. The monoisotopic (exact) mass is 669 g/mol. The molecule has 0 radical (unpaired) electrons. The van der Waals surface area contributed by atoms with Crippen LogP contribution in [0.3, 0.4) is 0 Å². The van der Waals surface area contributed by atoms with Gasteiger partial charge in [0.05, 0.1) is 43.3 Å². The highest BCUT2D eigenvalue weighted by atomic mass is 16.5. The number of nitrogens with one attached hydrogen (secondary N) is 2. The zero-order valence-electron chi connectivity index (χ0n) is 27.2. The Morgan fingerprint density at radius 1 is 0.980 bits per heavy atom. The van der Waals surface area contributed by atoms with Crippen molar-refractivity contribution in [3.63, 3.8) is 0 Å². The molecule has 13 nitrogen and oxygen atoms in total. The summed E-state index contributed by atoms with van der Waals surface area (Å²) >= 11 is 0. The van der Waals surface area contributed by atoms with Crippen molar-refractivity contribution in [3.05, 3.63) is 95.6 Å². The number of hydrogen-bond donors (Lipinski definition) is 4. The molecule has 1 saturated heterocycles. The molecule has 0 saturated carbocycles. The van der Waals surface area contributed by atoms with Gasteiger partial charge in [-0.3, -0.25) is 14.5 Å². The number of hydrogen-bond acceptors (Lipinski definition) is 8. The van der Waals surface area contributed by atoms with Crippen LogP contribution in [-0.2, 0) is 25.7 Å². The Bertz CT molecular complexity index is 1670. The number of imide groups is 1. The van der Waals surface area contributed by atoms with Crippen molar-refractivity contribution in [2.24, 2.45) is 17.6 Å². The van der Waals surface area contributed by atoms with Gasteiger partial charge in [-0.1, -0.05) is 54.3 Å². The zero-order valence-corrected chi connectivity index (χ0v) is 27.2. The van der Waals surface area contributed by atoms with Crippen LogP contribution in [0.5, 0.6) is 5.75 Å². The predicted molar refractivity (Wildman–Crippen MR) is 180 cm³/mol. The summed E-state index contributed by atoms with van der Waals surface area (Å²) in [6.45, 7) is 2.68. The van der Waals surface area contributed by atoms with E-state index in [0.717, 1.165) is 10.5 Å². The largest absolute Gasteiger partial charge is 0.494 e. The molecule has 3 aromatic rings. The van der Waals surface area contributed by atoms with E-state index < -0.39 is 47.9 Å². The van der Waals surface area contributed by atoms with Crippen LogP contribution in [-0.4, -0.2) is 79.7 Å². The Hall–Kier alpha value is -5.71. The molecule has 3 aromatic carbocycles. The lowest BCUT2D eigenvalue weighted by atomic mass is 9.83. The minimum absolute atomic E-state index is 0.0201. The summed E-state index contributed by atoms with van der Waals surface area (Å²) in [7, 11) is 1.48. The minimum Gasteiger partial charge on any atom is -0.494 e. The average Bonchev–Trinajstić information content (AvgIpc) is 3.44. The van der Waals surface area contributed by atoms with Crippen LogP contribution >= 0.6 is 0 Å². The third kappa shape index (κ3) is 9.01. The first-order chi connectivity index (χ1) is 23.7. The number of anilines is 1. The van der Waals surface area contributed by atoms with Crippen LogP contribution in [0.15, 0.2) is 78.9 Å². The van der Waals surface area contributed by atoms with Gasteiger partial charge in [0.25, 0.3) is 0 Å². The zero-order chi connectivity index (χ0) is 35.3. The molecular weight excluding hydrogens is 630 g/mol. The molecule has 2 unspecified atom stereocenters. The fraction of sp³-hybridized carbons (Fsp3) is 0.306. The molecule has 1 aliphatic heterocycles. The van der Waals surface area contributed by atoms with Crippen LogP contribution in [0.25, 0.3) is 0 Å². The topological polar surface area (TPSA) is 181 Å². The molecule has 0 bridgehead atoms. The van der Waals surface area contributed by atoms with Gasteiger partial charge in [-0.15, -0.1) is 0 Å². The van der Waals surface area contributed by atoms with Crippen molar-refractivity contribution in [2.45, 2.75) is 25.6 Å². The molecule has 5 amide bonds. The number of carboxylic acids is 1. The van der Waals surface area contributed by atoms with Crippen molar-refractivity contribution in [1.82, 2.24) is 15.5 Å². The van der Waals surface area contributed by atoms with Gasteiger partial charge in [0.2, 0.25) is 5.91 Å². The van der Waals surface area contributed by atoms with Crippen LogP contribution in [0.1, 0.15) is 29.7 Å². The number of primary amides is 1. The van der Waals surface area contributed by atoms with Gasteiger partial charge in [0.15, 0.2) is 0 Å². The molecule has 0 aliphatic carbocycles. The quantitative estimate of drug-likeness (QED) is 0.157. The lowest BCUT2D eigenvalue weighted by molar-refractivity contribution is -0.147. The van der Waals surface area contributed by atoms with Crippen molar-refractivity contribution in [2.75, 3.05) is 38.3 Å². The fourth-order valence-electron chi connectivity index (χ4n) is 5.89. The number of aldehydes is 1. The number of aliphatic carboxylic acids is 1. The molecule has 1 heterocycles. The number of urea groups is 2. The van der Waals surface area contributed by atoms with Gasteiger partial charge in [-0.2, -0.15) is 0 Å². The summed E-state index contributed by atoms with van der Waals surface area (Å²) in [6, 6.07) is 18.6. The van der Waals surface area contributed by atoms with E-state index in [1.165, 1.54) is 19.2 Å². The number of likely N-dealkylation sites (tertiary alicyclic amines) is 1. The maximum absolute atomic E-state index is 14.8. The average molecular weight is 670 g/mol. The summed E-state index contributed by atoms with van der Waals surface area (Å²) in [4.78, 5) is 67.8. The standard InChI is InChI=1S/C36H39N5O8/c1-3-49-28-17-13-26(14-18-28)32-31(30(34(44)45)29(23-42)40(32)20-21-48-2)33(43)41(36(47)39-22-25-8-5-4-6-9-25)27-15-11-24(12-16-27)10-7-19-38-35(37)46/h4-6,8-9,11-18,23,29-32H,3,19-22H2,1-2H3,(H,39,47)(H,44,45)(H3,37,38,46)/t29?,30-,31?,32-/m0/s1. The first-order valence-corrected chi connectivity index (χ1v) is 15.6. The van der Waals surface area contributed by atoms with E-state index in [4.69, 9.17) is 15.2 Å². The molecule has 1 fully saturated rings. The predicted octanol–water partition coefficient (Wildman–Crippen LogP) is 2.94. The highest BCUT2D eigenvalue weighted by Gasteiger charge is 2.57. The third-order valence-electron chi connectivity index (χ3n) is 8.05. The number of benzene rings is 3. The van der Waals surface area contributed by atoms with Gasteiger partial charge < -0.3 is 35.7 Å². The second kappa shape index (κ2) is 17.4. The molecule has 5 N–H and O–H groups in total. The van der Waals surface area contributed by atoms with E-state index in [-0.39, 0.29) is 31.9 Å². The molecule has 0 aromatic heterocycles. The van der Waals surface area contributed by atoms with Crippen LogP contribution < -0.4 is 26.0 Å². The SMILES string of the molecule is CCOc1ccc([C@H]2C(C(=O)N(C(=O)NCc3ccccc3)c3ccc(C#CCNC(N)=O)cc3)[C@@H](C(=O)O)C(C=O)N2CCOC)cc1. The summed E-state index contributed by atoms with van der Waals surface area (Å²) in [5.41, 5.74) is 7.10. The van der Waals surface area contributed by atoms with Crippen molar-refractivity contribution in [1.29, 1.82) is 0 Å². The second-order valence-electron chi connectivity index (χ2n) is 11.1. The van der Waals surface area contributed by atoms with E-state index in [1.807, 2.05) is 37.3 Å². The number of nitrogens with two attached hydrogens (primary N) is 1. The van der Waals surface area contributed by atoms with Crippen molar-refractivity contribution < 1.29 is 38.6 Å². The molecular formula is C36H39N5O8. The van der Waals surface area contributed by atoms with E-state index >= 15 is 0 Å².